The summed E-state index contributed by atoms with van der Waals surface area (Å²) < 4.78 is 0. The molecule has 5 N–H and O–H groups in total. The molecule has 0 saturated carbocycles. The van der Waals surface area contributed by atoms with E-state index >= 15 is 0 Å². The van der Waals surface area contributed by atoms with Crippen LogP contribution in [0.5, 0.6) is 0 Å². The van der Waals surface area contributed by atoms with Crippen molar-refractivity contribution in [2.45, 2.75) is 19.4 Å². The molecule has 0 aliphatic heterocycles. The number of rotatable bonds is 8. The first kappa shape index (κ1) is 22.0. The van der Waals surface area contributed by atoms with E-state index in [0.29, 0.717) is 16.9 Å². The highest BCUT2D eigenvalue weighted by atomic mass is 16.5. The highest BCUT2D eigenvalue weighted by molar-refractivity contribution is 6.03. The van der Waals surface area contributed by atoms with Crippen LogP contribution in [0.2, 0.25) is 0 Å². The van der Waals surface area contributed by atoms with Crippen molar-refractivity contribution in [2.24, 2.45) is 0 Å². The molecule has 0 heterocycles. The second-order valence-corrected chi connectivity index (χ2v) is 7.25. The van der Waals surface area contributed by atoms with E-state index in [-0.39, 0.29) is 18.1 Å². The zero-order valence-electron chi connectivity index (χ0n) is 17.2. The van der Waals surface area contributed by atoms with Gasteiger partial charge in [0.15, 0.2) is 5.78 Å². The van der Waals surface area contributed by atoms with Crippen LogP contribution in [0.4, 0.5) is 11.4 Å². The van der Waals surface area contributed by atoms with Gasteiger partial charge in [-0.1, -0.05) is 66.2 Å². The number of anilines is 2. The van der Waals surface area contributed by atoms with Crippen molar-refractivity contribution in [1.29, 1.82) is 0 Å². The molecule has 0 fully saturated rings. The summed E-state index contributed by atoms with van der Waals surface area (Å²) >= 11 is 0. The predicted octanol–water partition coefficient (Wildman–Crippen LogP) is 4.52. The van der Waals surface area contributed by atoms with Gasteiger partial charge in [-0.05, 0) is 36.3 Å². The lowest BCUT2D eigenvalue weighted by atomic mass is 9.96. The lowest BCUT2D eigenvalue weighted by Crippen LogP contribution is -2.20. The number of nitrogens with two attached hydrogens (primary N) is 1. The standard InChI is InChI=1S/C25H25N3O3/c1-17-9-12-19(13-10-17)24(29)16-23(28-31)20-6-4-5-18(15-20)11-14-25(30)27-22-8-3-2-7-21(22)26/h2-15,23,28,31H,16,26H2,1H3,(H,27,30). The third-order valence-corrected chi connectivity index (χ3v) is 4.88. The van der Waals surface area contributed by atoms with Crippen LogP contribution in [0.3, 0.4) is 0 Å². The van der Waals surface area contributed by atoms with Crippen LogP contribution in [-0.2, 0) is 4.79 Å². The van der Waals surface area contributed by atoms with E-state index in [1.54, 1.807) is 42.5 Å². The molecule has 0 aliphatic carbocycles. The summed E-state index contributed by atoms with van der Waals surface area (Å²) in [5, 5.41) is 12.4. The number of amides is 1. The van der Waals surface area contributed by atoms with Crippen molar-refractivity contribution < 1.29 is 14.8 Å². The van der Waals surface area contributed by atoms with Crippen molar-refractivity contribution in [2.75, 3.05) is 11.1 Å². The molecule has 0 spiro atoms. The van der Waals surface area contributed by atoms with E-state index in [4.69, 9.17) is 5.73 Å². The first-order chi connectivity index (χ1) is 15.0. The monoisotopic (exact) mass is 415 g/mol. The van der Waals surface area contributed by atoms with E-state index < -0.39 is 6.04 Å². The van der Waals surface area contributed by atoms with Gasteiger partial charge in [-0.25, -0.2) is 0 Å². The normalized spacial score (nSPS) is 11.9. The van der Waals surface area contributed by atoms with E-state index in [9.17, 15) is 14.8 Å². The van der Waals surface area contributed by atoms with Crippen LogP contribution < -0.4 is 16.5 Å². The fourth-order valence-corrected chi connectivity index (χ4v) is 3.12. The molecule has 6 nitrogen and oxygen atoms in total. The van der Waals surface area contributed by atoms with E-state index in [1.807, 2.05) is 43.3 Å². The number of nitrogen functional groups attached to an aromatic ring is 1. The summed E-state index contributed by atoms with van der Waals surface area (Å²) in [6.07, 6.45) is 3.17. The number of hydroxylamine groups is 1. The molecule has 0 aliphatic rings. The smallest absolute Gasteiger partial charge is 0.248 e. The highest BCUT2D eigenvalue weighted by Crippen LogP contribution is 2.21. The van der Waals surface area contributed by atoms with Crippen molar-refractivity contribution in [1.82, 2.24) is 5.48 Å². The Morgan fingerprint density at radius 1 is 1.03 bits per heavy atom. The molecule has 0 bridgehead atoms. The minimum Gasteiger partial charge on any atom is -0.397 e. The minimum atomic E-state index is -0.569. The Bertz CT molecular complexity index is 1090. The molecule has 31 heavy (non-hydrogen) atoms. The van der Waals surface area contributed by atoms with Gasteiger partial charge in [0.05, 0.1) is 17.4 Å². The molecule has 0 saturated heterocycles. The van der Waals surface area contributed by atoms with Crippen LogP contribution in [0.25, 0.3) is 6.08 Å². The van der Waals surface area contributed by atoms with Crippen LogP contribution in [-0.4, -0.2) is 16.9 Å². The maximum absolute atomic E-state index is 12.6. The Kier molecular flexibility index (Phi) is 7.32. The number of ketones is 1. The Balaban J connectivity index is 1.68. The molecular formula is C25H25N3O3. The van der Waals surface area contributed by atoms with Crippen molar-refractivity contribution >= 4 is 29.1 Å². The maximum atomic E-state index is 12.6. The number of hydrogen-bond acceptors (Lipinski definition) is 5. The Labute approximate surface area is 181 Å². The Morgan fingerprint density at radius 2 is 1.77 bits per heavy atom. The molecule has 1 atom stereocenters. The van der Waals surface area contributed by atoms with Gasteiger partial charge in [0, 0.05) is 18.1 Å². The summed E-state index contributed by atoms with van der Waals surface area (Å²) in [4.78, 5) is 24.8. The number of carbonyl (C=O) groups is 2. The zero-order chi connectivity index (χ0) is 22.2. The van der Waals surface area contributed by atoms with Gasteiger partial charge in [0.25, 0.3) is 0 Å². The van der Waals surface area contributed by atoms with Gasteiger partial charge in [-0.2, -0.15) is 5.48 Å². The number of para-hydroxylation sites is 2. The highest BCUT2D eigenvalue weighted by Gasteiger charge is 2.17. The predicted molar refractivity (Wildman–Crippen MR) is 123 cm³/mol. The number of carbonyl (C=O) groups excluding carboxylic acids is 2. The largest absolute Gasteiger partial charge is 0.397 e. The number of Topliss-reactive ketones (excluding diaryl/α,β-unsaturated/α-hetero) is 1. The molecule has 1 unspecified atom stereocenters. The van der Waals surface area contributed by atoms with Gasteiger partial charge in [-0.3, -0.25) is 9.59 Å². The number of aryl methyl sites for hydroxylation is 1. The minimum absolute atomic E-state index is 0.0766. The molecule has 3 aromatic rings. The molecule has 3 rings (SSSR count). The number of nitrogens with one attached hydrogen (secondary N) is 2. The van der Waals surface area contributed by atoms with Crippen molar-refractivity contribution in [3.63, 3.8) is 0 Å². The van der Waals surface area contributed by atoms with Crippen LogP contribution >= 0.6 is 0 Å². The first-order valence-corrected chi connectivity index (χ1v) is 9.89. The summed E-state index contributed by atoms with van der Waals surface area (Å²) in [7, 11) is 0. The number of benzene rings is 3. The third-order valence-electron chi connectivity index (χ3n) is 4.88. The van der Waals surface area contributed by atoms with E-state index in [1.165, 1.54) is 6.08 Å². The van der Waals surface area contributed by atoms with Gasteiger partial charge in [0.1, 0.15) is 0 Å². The fourth-order valence-electron chi connectivity index (χ4n) is 3.12. The molecule has 6 heteroatoms. The lowest BCUT2D eigenvalue weighted by molar-refractivity contribution is -0.111. The quantitative estimate of drug-likeness (QED) is 0.187. The topological polar surface area (TPSA) is 104 Å². The molecule has 158 valence electrons. The average molecular weight is 415 g/mol. The van der Waals surface area contributed by atoms with Crippen LogP contribution in [0, 0.1) is 6.92 Å². The molecule has 0 radical (unpaired) electrons. The van der Waals surface area contributed by atoms with Gasteiger partial charge in [0.2, 0.25) is 5.91 Å². The summed E-state index contributed by atoms with van der Waals surface area (Å²) in [5.74, 6) is -0.387. The molecule has 0 aromatic heterocycles. The Morgan fingerprint density at radius 3 is 2.48 bits per heavy atom. The van der Waals surface area contributed by atoms with Gasteiger partial charge < -0.3 is 16.3 Å². The van der Waals surface area contributed by atoms with Crippen molar-refractivity contribution in [3.8, 4) is 0 Å². The molecular weight excluding hydrogens is 390 g/mol. The molecule has 1 amide bonds. The SMILES string of the molecule is Cc1ccc(C(=O)CC(NO)c2cccc(C=CC(=O)Nc3ccccc3N)c2)cc1. The zero-order valence-corrected chi connectivity index (χ0v) is 17.2. The summed E-state index contributed by atoms with van der Waals surface area (Å²) in [6, 6.07) is 21.1. The fraction of sp³-hybridized carbons (Fsp3) is 0.120. The van der Waals surface area contributed by atoms with Crippen LogP contribution in [0.15, 0.2) is 78.9 Å². The maximum Gasteiger partial charge on any atom is 0.248 e. The third kappa shape index (κ3) is 6.12. The van der Waals surface area contributed by atoms with Crippen molar-refractivity contribution in [3.05, 3.63) is 101 Å². The van der Waals surface area contributed by atoms with E-state index in [0.717, 1.165) is 16.7 Å². The van der Waals surface area contributed by atoms with Gasteiger partial charge in [-0.15, -0.1) is 0 Å². The second kappa shape index (κ2) is 10.3. The van der Waals surface area contributed by atoms with Crippen LogP contribution in [0.1, 0.15) is 39.5 Å². The average Bonchev–Trinajstić information content (AvgIpc) is 2.78. The van der Waals surface area contributed by atoms with Gasteiger partial charge >= 0.3 is 0 Å². The van der Waals surface area contributed by atoms with E-state index in [2.05, 4.69) is 10.8 Å². The summed E-state index contributed by atoms with van der Waals surface area (Å²) in [5.41, 5.74) is 12.3. The first-order valence-electron chi connectivity index (χ1n) is 9.89. The summed E-state index contributed by atoms with van der Waals surface area (Å²) in [6.45, 7) is 1.96. The Hall–Kier alpha value is -3.74. The molecule has 3 aromatic carbocycles. The second-order valence-electron chi connectivity index (χ2n) is 7.25. The number of hydrogen-bond donors (Lipinski definition) is 4. The lowest BCUT2D eigenvalue weighted by Gasteiger charge is -2.15.